The van der Waals surface area contributed by atoms with E-state index in [1.54, 1.807) is 29.9 Å². The summed E-state index contributed by atoms with van der Waals surface area (Å²) in [5.41, 5.74) is 1.67. The molecule has 0 radical (unpaired) electrons. The summed E-state index contributed by atoms with van der Waals surface area (Å²) in [5, 5.41) is 16.3. The maximum atomic E-state index is 12.4. The van der Waals surface area contributed by atoms with E-state index in [4.69, 9.17) is 16.9 Å². The third-order valence-electron chi connectivity index (χ3n) is 3.35. The summed E-state index contributed by atoms with van der Waals surface area (Å²) in [6, 6.07) is 9.04. The van der Waals surface area contributed by atoms with Crippen LogP contribution in [0.25, 0.3) is 0 Å². The van der Waals surface area contributed by atoms with Gasteiger partial charge in [-0.25, -0.2) is 0 Å². The van der Waals surface area contributed by atoms with Gasteiger partial charge in [0, 0.05) is 18.3 Å². The average molecular weight is 331 g/mol. The lowest BCUT2D eigenvalue weighted by Crippen LogP contribution is -2.32. The predicted octanol–water partition coefficient (Wildman–Crippen LogP) is 1.96. The number of halogens is 1. The summed E-state index contributed by atoms with van der Waals surface area (Å²) in [4.78, 5) is 24.0. The van der Waals surface area contributed by atoms with Gasteiger partial charge in [0.15, 0.2) is 11.7 Å². The molecule has 7 heteroatoms. The molecule has 1 aromatic carbocycles. The molecule has 0 aliphatic carbocycles. The van der Waals surface area contributed by atoms with Crippen LogP contribution in [0.4, 0.5) is 0 Å². The molecule has 1 atom stereocenters. The van der Waals surface area contributed by atoms with E-state index in [9.17, 15) is 9.59 Å². The number of nitrogens with zero attached hydrogens (tertiary/aromatic N) is 3. The van der Waals surface area contributed by atoms with Gasteiger partial charge >= 0.3 is 0 Å². The number of nitriles is 1. The van der Waals surface area contributed by atoms with Crippen molar-refractivity contribution in [2.24, 2.45) is 5.92 Å². The monoisotopic (exact) mass is 330 g/mol. The molecule has 0 fully saturated rings. The van der Waals surface area contributed by atoms with Crippen LogP contribution in [0, 0.1) is 24.2 Å². The highest BCUT2D eigenvalue weighted by Gasteiger charge is 2.29. The van der Waals surface area contributed by atoms with Gasteiger partial charge in [-0.1, -0.05) is 23.7 Å². The van der Waals surface area contributed by atoms with Crippen molar-refractivity contribution in [2.75, 3.05) is 7.05 Å². The molecule has 0 bridgehead atoms. The highest BCUT2D eigenvalue weighted by atomic mass is 35.5. The molecule has 23 heavy (non-hydrogen) atoms. The molecule has 1 heterocycles. The molecule has 1 N–H and O–H groups in total. The second-order valence-electron chi connectivity index (χ2n) is 5.00. The molecule has 1 aromatic heterocycles. The van der Waals surface area contributed by atoms with Gasteiger partial charge in [0.25, 0.3) is 0 Å². The largest absolute Gasteiger partial charge is 0.358 e. The Labute approximate surface area is 138 Å². The number of hydrogen-bond acceptors (Lipinski definition) is 4. The van der Waals surface area contributed by atoms with Crippen molar-refractivity contribution in [2.45, 2.75) is 13.5 Å². The predicted molar refractivity (Wildman–Crippen MR) is 85.0 cm³/mol. The fraction of sp³-hybridized carbons (Fsp3) is 0.250. The second-order valence-corrected chi connectivity index (χ2v) is 5.43. The molecule has 2 rings (SSSR count). The number of carbonyl (C=O) groups is 2. The topological polar surface area (TPSA) is 87.8 Å². The summed E-state index contributed by atoms with van der Waals surface area (Å²) >= 11 is 5.94. The van der Waals surface area contributed by atoms with Crippen molar-refractivity contribution in [1.82, 2.24) is 15.1 Å². The number of aryl methyl sites for hydroxylation is 1. The minimum absolute atomic E-state index is 0.266. The van der Waals surface area contributed by atoms with Crippen molar-refractivity contribution in [3.8, 4) is 6.07 Å². The van der Waals surface area contributed by atoms with Gasteiger partial charge in [-0.05, 0) is 24.6 Å². The number of aromatic nitrogens is 2. The Balaban J connectivity index is 2.26. The van der Waals surface area contributed by atoms with Crippen molar-refractivity contribution >= 4 is 23.3 Å². The van der Waals surface area contributed by atoms with Crippen molar-refractivity contribution in [1.29, 1.82) is 5.26 Å². The van der Waals surface area contributed by atoms with Gasteiger partial charge in [-0.15, -0.1) is 0 Å². The lowest BCUT2D eigenvalue weighted by Gasteiger charge is -2.05. The maximum absolute atomic E-state index is 12.4. The minimum atomic E-state index is -1.37. The van der Waals surface area contributed by atoms with Crippen LogP contribution in [0.5, 0.6) is 0 Å². The van der Waals surface area contributed by atoms with Crippen LogP contribution in [-0.4, -0.2) is 28.5 Å². The normalized spacial score (nSPS) is 11.6. The Kier molecular flexibility index (Phi) is 5.14. The lowest BCUT2D eigenvalue weighted by molar-refractivity contribution is -0.121. The smallest absolute Gasteiger partial charge is 0.245 e. The Bertz CT molecular complexity index is 792. The Morgan fingerprint density at radius 1 is 1.48 bits per heavy atom. The van der Waals surface area contributed by atoms with E-state index in [1.807, 2.05) is 18.2 Å². The van der Waals surface area contributed by atoms with Gasteiger partial charge in [0.05, 0.1) is 23.9 Å². The van der Waals surface area contributed by atoms with Crippen molar-refractivity contribution < 1.29 is 9.59 Å². The number of rotatable bonds is 5. The zero-order chi connectivity index (χ0) is 17.0. The highest BCUT2D eigenvalue weighted by molar-refractivity contribution is 6.30. The summed E-state index contributed by atoms with van der Waals surface area (Å²) < 4.78 is 1.59. The number of nitrogens with one attached hydrogen (secondary N) is 1. The van der Waals surface area contributed by atoms with E-state index in [0.29, 0.717) is 17.3 Å². The maximum Gasteiger partial charge on any atom is 0.245 e. The molecular weight excluding hydrogens is 316 g/mol. The number of ketones is 1. The van der Waals surface area contributed by atoms with Gasteiger partial charge in [-0.3, -0.25) is 14.3 Å². The van der Waals surface area contributed by atoms with Gasteiger partial charge in [0.1, 0.15) is 0 Å². The molecule has 0 unspecified atom stereocenters. The highest BCUT2D eigenvalue weighted by Crippen LogP contribution is 2.16. The van der Waals surface area contributed by atoms with Crippen molar-refractivity contribution in [3.63, 3.8) is 0 Å². The molecule has 0 spiro atoms. The number of amides is 1. The van der Waals surface area contributed by atoms with E-state index in [-0.39, 0.29) is 5.56 Å². The molecule has 0 saturated carbocycles. The molecule has 2 aromatic rings. The average Bonchev–Trinajstić information content (AvgIpc) is 2.88. The summed E-state index contributed by atoms with van der Waals surface area (Å²) in [7, 11) is 1.38. The lowest BCUT2D eigenvalue weighted by atomic mass is 9.99. The first-order valence-corrected chi connectivity index (χ1v) is 7.28. The quantitative estimate of drug-likeness (QED) is 0.670. The number of hydrogen-bond donors (Lipinski definition) is 1. The van der Waals surface area contributed by atoms with Crippen LogP contribution in [0.1, 0.15) is 21.6 Å². The molecule has 118 valence electrons. The molecular formula is C16H15ClN4O2. The Hall–Kier alpha value is -2.65. The van der Waals surface area contributed by atoms with E-state index >= 15 is 0 Å². The fourth-order valence-electron chi connectivity index (χ4n) is 2.20. The van der Waals surface area contributed by atoms with Crippen LogP contribution in [-0.2, 0) is 11.3 Å². The van der Waals surface area contributed by atoms with Crippen molar-refractivity contribution in [3.05, 3.63) is 52.3 Å². The van der Waals surface area contributed by atoms with E-state index in [1.165, 1.54) is 7.05 Å². The fourth-order valence-corrected chi connectivity index (χ4v) is 2.41. The summed E-state index contributed by atoms with van der Waals surface area (Å²) in [5.74, 6) is -2.55. The Morgan fingerprint density at radius 3 is 2.83 bits per heavy atom. The van der Waals surface area contributed by atoms with Crippen LogP contribution >= 0.6 is 11.6 Å². The number of carbonyl (C=O) groups excluding carboxylic acids is 2. The molecule has 6 nitrogen and oxygen atoms in total. The van der Waals surface area contributed by atoms with E-state index in [2.05, 4.69) is 10.4 Å². The van der Waals surface area contributed by atoms with E-state index in [0.717, 1.165) is 5.56 Å². The molecule has 0 aliphatic heterocycles. The Morgan fingerprint density at radius 2 is 2.22 bits per heavy atom. The summed E-state index contributed by atoms with van der Waals surface area (Å²) in [6.45, 7) is 2.10. The third kappa shape index (κ3) is 3.76. The first kappa shape index (κ1) is 16.7. The minimum Gasteiger partial charge on any atom is -0.358 e. The summed E-state index contributed by atoms with van der Waals surface area (Å²) in [6.07, 6.45) is 1.55. The van der Waals surface area contributed by atoms with Gasteiger partial charge < -0.3 is 5.32 Å². The first-order valence-electron chi connectivity index (χ1n) is 6.90. The van der Waals surface area contributed by atoms with Crippen LogP contribution in [0.15, 0.2) is 30.5 Å². The van der Waals surface area contributed by atoms with Crippen LogP contribution in [0.2, 0.25) is 5.02 Å². The first-order chi connectivity index (χ1) is 11.0. The van der Waals surface area contributed by atoms with Crippen LogP contribution < -0.4 is 5.32 Å². The number of Topliss-reactive ketones (excluding diaryl/α,β-unsaturated/α-hetero) is 1. The van der Waals surface area contributed by atoms with Gasteiger partial charge in [-0.2, -0.15) is 10.4 Å². The SMILES string of the molecule is CNC(=O)[C@H](C#N)C(=O)c1cn(Cc2cccc(Cl)c2)nc1C. The number of benzene rings is 1. The standard InChI is InChI=1S/C16H15ClN4O2/c1-10-14(15(22)13(7-18)16(23)19-2)9-21(20-10)8-11-4-3-5-12(17)6-11/h3-6,9,13H,8H2,1-2H3,(H,19,23)/t13-/m1/s1. The molecule has 0 aliphatic rings. The second kappa shape index (κ2) is 7.07. The molecule has 0 saturated heterocycles. The van der Waals surface area contributed by atoms with Crippen LogP contribution in [0.3, 0.4) is 0 Å². The zero-order valence-corrected chi connectivity index (χ0v) is 13.5. The molecule has 1 amide bonds. The van der Waals surface area contributed by atoms with Gasteiger partial charge in [0.2, 0.25) is 5.91 Å². The zero-order valence-electron chi connectivity index (χ0n) is 12.7. The third-order valence-corrected chi connectivity index (χ3v) is 3.58. The van der Waals surface area contributed by atoms with E-state index < -0.39 is 17.6 Å².